The molecule has 0 aliphatic heterocycles. The van der Waals surface area contributed by atoms with Gasteiger partial charge in [0.2, 0.25) is 5.91 Å². The lowest BCUT2D eigenvalue weighted by atomic mass is 9.94. The first kappa shape index (κ1) is 16.0. The zero-order valence-corrected chi connectivity index (χ0v) is 12.5. The van der Waals surface area contributed by atoms with E-state index in [1.54, 1.807) is 0 Å². The van der Waals surface area contributed by atoms with E-state index in [-0.39, 0.29) is 17.9 Å². The minimum atomic E-state index is -0.826. The number of hydrogen-bond donors (Lipinski definition) is 2. The highest BCUT2D eigenvalue weighted by Crippen LogP contribution is 2.38. The molecule has 1 fully saturated rings. The van der Waals surface area contributed by atoms with E-state index in [0.29, 0.717) is 24.7 Å². The Bertz CT molecular complexity index is 327. The predicted octanol–water partition coefficient (Wildman–Crippen LogP) is 2.67. The van der Waals surface area contributed by atoms with E-state index in [4.69, 9.17) is 0 Å². The smallest absolute Gasteiger partial charge is 0.307 e. The van der Waals surface area contributed by atoms with E-state index < -0.39 is 11.9 Å². The van der Waals surface area contributed by atoms with E-state index in [2.05, 4.69) is 26.1 Å². The highest BCUT2D eigenvalue weighted by Gasteiger charge is 2.42. The van der Waals surface area contributed by atoms with Gasteiger partial charge < -0.3 is 10.4 Å². The van der Waals surface area contributed by atoms with Gasteiger partial charge in [0.25, 0.3) is 0 Å². The van der Waals surface area contributed by atoms with E-state index in [1.807, 2.05) is 6.92 Å². The van der Waals surface area contributed by atoms with E-state index >= 15 is 0 Å². The van der Waals surface area contributed by atoms with Crippen LogP contribution < -0.4 is 5.32 Å². The molecule has 2 N–H and O–H groups in total. The van der Waals surface area contributed by atoms with Crippen LogP contribution in [0.15, 0.2) is 0 Å². The van der Waals surface area contributed by atoms with Gasteiger partial charge >= 0.3 is 5.97 Å². The van der Waals surface area contributed by atoms with Crippen molar-refractivity contribution in [2.24, 2.45) is 23.7 Å². The topological polar surface area (TPSA) is 66.4 Å². The van der Waals surface area contributed by atoms with Gasteiger partial charge in [-0.3, -0.25) is 9.59 Å². The molecule has 1 aliphatic carbocycles. The molecule has 0 radical (unpaired) electrons. The first-order chi connectivity index (χ1) is 8.85. The lowest BCUT2D eigenvalue weighted by Crippen LogP contribution is -2.40. The van der Waals surface area contributed by atoms with Gasteiger partial charge in [0.15, 0.2) is 0 Å². The number of hydrogen-bond acceptors (Lipinski definition) is 2. The lowest BCUT2D eigenvalue weighted by Gasteiger charge is -2.20. The first-order valence-corrected chi connectivity index (χ1v) is 7.38. The third-order valence-corrected chi connectivity index (χ3v) is 4.11. The Labute approximate surface area is 116 Å². The summed E-state index contributed by atoms with van der Waals surface area (Å²) in [6.45, 7) is 8.28. The quantitative estimate of drug-likeness (QED) is 0.779. The van der Waals surface area contributed by atoms with Gasteiger partial charge in [-0.05, 0) is 38.0 Å². The SMILES string of the molecule is CCC1C[C@H](C(=O)NC(C)CC(C)C)[C@H](C(=O)O)C1. The Morgan fingerprint density at radius 3 is 2.26 bits per heavy atom. The molecule has 110 valence electrons. The lowest BCUT2D eigenvalue weighted by molar-refractivity contribution is -0.146. The third-order valence-electron chi connectivity index (χ3n) is 4.11. The minimum absolute atomic E-state index is 0.0727. The molecule has 1 amide bonds. The molecule has 19 heavy (non-hydrogen) atoms. The number of nitrogens with one attached hydrogen (secondary N) is 1. The van der Waals surface area contributed by atoms with Crippen molar-refractivity contribution in [3.63, 3.8) is 0 Å². The summed E-state index contributed by atoms with van der Waals surface area (Å²) in [6.07, 6.45) is 3.23. The molecular weight excluding hydrogens is 242 g/mol. The molecule has 4 nitrogen and oxygen atoms in total. The summed E-state index contributed by atoms with van der Waals surface area (Å²) in [5.74, 6) is -0.854. The maximum atomic E-state index is 12.2. The fraction of sp³-hybridized carbons (Fsp3) is 0.867. The van der Waals surface area contributed by atoms with Crippen molar-refractivity contribution in [2.45, 2.75) is 59.4 Å². The fourth-order valence-electron chi connectivity index (χ4n) is 3.15. The van der Waals surface area contributed by atoms with Crippen LogP contribution in [0, 0.1) is 23.7 Å². The highest BCUT2D eigenvalue weighted by atomic mass is 16.4. The zero-order valence-electron chi connectivity index (χ0n) is 12.5. The van der Waals surface area contributed by atoms with Crippen molar-refractivity contribution in [2.75, 3.05) is 0 Å². The molecule has 0 heterocycles. The van der Waals surface area contributed by atoms with Crippen molar-refractivity contribution in [1.29, 1.82) is 0 Å². The molecule has 0 aromatic rings. The molecule has 1 rings (SSSR count). The van der Waals surface area contributed by atoms with Gasteiger partial charge in [-0.15, -0.1) is 0 Å². The van der Waals surface area contributed by atoms with Crippen LogP contribution in [0.4, 0.5) is 0 Å². The Morgan fingerprint density at radius 2 is 1.79 bits per heavy atom. The van der Waals surface area contributed by atoms with Gasteiger partial charge in [-0.1, -0.05) is 27.2 Å². The summed E-state index contributed by atoms with van der Waals surface area (Å²) in [7, 11) is 0. The normalized spacial score (nSPS) is 28.4. The molecule has 0 spiro atoms. The summed E-state index contributed by atoms with van der Waals surface area (Å²) >= 11 is 0. The fourth-order valence-corrected chi connectivity index (χ4v) is 3.15. The number of aliphatic carboxylic acids is 1. The minimum Gasteiger partial charge on any atom is -0.481 e. The van der Waals surface area contributed by atoms with Crippen molar-refractivity contribution in [3.8, 4) is 0 Å². The van der Waals surface area contributed by atoms with Crippen molar-refractivity contribution < 1.29 is 14.7 Å². The summed E-state index contributed by atoms with van der Waals surface area (Å²) in [5.41, 5.74) is 0. The van der Waals surface area contributed by atoms with Crippen molar-refractivity contribution >= 4 is 11.9 Å². The largest absolute Gasteiger partial charge is 0.481 e. The summed E-state index contributed by atoms with van der Waals surface area (Å²) in [4.78, 5) is 23.5. The second kappa shape index (κ2) is 6.92. The van der Waals surface area contributed by atoms with Crippen LogP contribution in [-0.4, -0.2) is 23.0 Å². The van der Waals surface area contributed by atoms with Gasteiger partial charge in [0.05, 0.1) is 11.8 Å². The van der Waals surface area contributed by atoms with Crippen LogP contribution in [-0.2, 0) is 9.59 Å². The van der Waals surface area contributed by atoms with Crippen LogP contribution >= 0.6 is 0 Å². The van der Waals surface area contributed by atoms with Gasteiger partial charge in [-0.2, -0.15) is 0 Å². The third kappa shape index (κ3) is 4.51. The molecule has 0 aromatic carbocycles. The van der Waals surface area contributed by atoms with E-state index in [9.17, 15) is 14.7 Å². The van der Waals surface area contributed by atoms with Gasteiger partial charge in [-0.25, -0.2) is 0 Å². The zero-order chi connectivity index (χ0) is 14.6. The molecular formula is C15H27NO3. The summed E-state index contributed by atoms with van der Waals surface area (Å²) in [6, 6.07) is 0.114. The number of carbonyl (C=O) groups excluding carboxylic acids is 1. The predicted molar refractivity (Wildman–Crippen MR) is 74.7 cm³/mol. The highest BCUT2D eigenvalue weighted by molar-refractivity contribution is 5.85. The van der Waals surface area contributed by atoms with Gasteiger partial charge in [0.1, 0.15) is 0 Å². The Hall–Kier alpha value is -1.06. The summed E-state index contributed by atoms with van der Waals surface area (Å²) < 4.78 is 0. The average molecular weight is 269 g/mol. The monoisotopic (exact) mass is 269 g/mol. The molecule has 4 atom stereocenters. The molecule has 0 aromatic heterocycles. The number of carbonyl (C=O) groups is 2. The first-order valence-electron chi connectivity index (χ1n) is 7.38. The van der Waals surface area contributed by atoms with Crippen LogP contribution in [0.5, 0.6) is 0 Å². The molecule has 0 bridgehead atoms. The van der Waals surface area contributed by atoms with E-state index in [0.717, 1.165) is 12.8 Å². The molecule has 4 heteroatoms. The van der Waals surface area contributed by atoms with Crippen LogP contribution in [0.1, 0.15) is 53.4 Å². The second-order valence-electron chi connectivity index (χ2n) is 6.34. The average Bonchev–Trinajstić information content (AvgIpc) is 2.71. The van der Waals surface area contributed by atoms with Crippen LogP contribution in [0.25, 0.3) is 0 Å². The number of rotatable bonds is 6. The Kier molecular flexibility index (Phi) is 5.83. The van der Waals surface area contributed by atoms with Crippen LogP contribution in [0.2, 0.25) is 0 Å². The second-order valence-corrected chi connectivity index (χ2v) is 6.34. The summed E-state index contributed by atoms with van der Waals surface area (Å²) in [5, 5.41) is 12.2. The molecule has 1 aliphatic rings. The maximum absolute atomic E-state index is 12.2. The maximum Gasteiger partial charge on any atom is 0.307 e. The Balaban J connectivity index is 2.61. The van der Waals surface area contributed by atoms with Crippen molar-refractivity contribution in [1.82, 2.24) is 5.32 Å². The van der Waals surface area contributed by atoms with E-state index in [1.165, 1.54) is 0 Å². The molecule has 0 saturated heterocycles. The Morgan fingerprint density at radius 1 is 1.21 bits per heavy atom. The number of carboxylic acids is 1. The van der Waals surface area contributed by atoms with Crippen molar-refractivity contribution in [3.05, 3.63) is 0 Å². The number of amides is 1. The number of carboxylic acid groups (broad SMARTS) is 1. The standard InChI is InChI=1S/C15H27NO3/c1-5-11-7-12(13(8-11)15(18)19)14(17)16-10(4)6-9(2)3/h9-13H,5-8H2,1-4H3,(H,16,17)(H,18,19)/t10?,11?,12-,13+/m0/s1. The molecule has 1 saturated carbocycles. The molecule has 2 unspecified atom stereocenters. The van der Waals surface area contributed by atoms with Crippen LogP contribution in [0.3, 0.4) is 0 Å². The van der Waals surface area contributed by atoms with Gasteiger partial charge in [0, 0.05) is 6.04 Å².